The van der Waals surface area contributed by atoms with E-state index in [2.05, 4.69) is 11.4 Å². The van der Waals surface area contributed by atoms with Crippen LogP contribution in [0.25, 0.3) is 0 Å². The molecule has 0 fully saturated rings. The molecule has 5 nitrogen and oxygen atoms in total. The molecule has 0 heterocycles. The van der Waals surface area contributed by atoms with Gasteiger partial charge in [-0.05, 0) is 44.2 Å². The number of amides is 1. The number of thioether (sulfide) groups is 1. The summed E-state index contributed by atoms with van der Waals surface area (Å²) in [6.45, 7) is 3.72. The van der Waals surface area contributed by atoms with Crippen molar-refractivity contribution in [3.63, 3.8) is 0 Å². The van der Waals surface area contributed by atoms with Crippen LogP contribution in [-0.2, 0) is 4.79 Å². The molecule has 0 saturated heterocycles. The van der Waals surface area contributed by atoms with E-state index >= 15 is 0 Å². The lowest BCUT2D eigenvalue weighted by Crippen LogP contribution is -2.31. The van der Waals surface area contributed by atoms with Crippen LogP contribution in [0.5, 0.6) is 5.75 Å². The minimum atomic E-state index is -0.0673. The first-order valence-electron chi connectivity index (χ1n) is 8.85. The SMILES string of the molecule is Cc1ccccc1OCCCN(C)CC(=O)Nc1ccccc1SCC#N. The van der Waals surface area contributed by atoms with Crippen LogP contribution in [0.3, 0.4) is 0 Å². The number of para-hydroxylation sites is 2. The van der Waals surface area contributed by atoms with Gasteiger partial charge in [-0.15, -0.1) is 11.8 Å². The van der Waals surface area contributed by atoms with Gasteiger partial charge in [0.2, 0.25) is 5.91 Å². The highest BCUT2D eigenvalue weighted by Crippen LogP contribution is 2.26. The van der Waals surface area contributed by atoms with E-state index in [9.17, 15) is 4.79 Å². The Kier molecular flexibility index (Phi) is 8.69. The molecule has 0 aliphatic heterocycles. The highest BCUT2D eigenvalue weighted by molar-refractivity contribution is 7.99. The predicted octanol–water partition coefficient (Wildman–Crippen LogP) is 3.95. The zero-order valence-corrected chi connectivity index (χ0v) is 16.6. The smallest absolute Gasteiger partial charge is 0.238 e. The van der Waals surface area contributed by atoms with Gasteiger partial charge in [-0.1, -0.05) is 30.3 Å². The topological polar surface area (TPSA) is 65.4 Å². The van der Waals surface area contributed by atoms with E-state index in [-0.39, 0.29) is 5.91 Å². The number of hydrogen-bond acceptors (Lipinski definition) is 5. The van der Waals surface area contributed by atoms with Crippen LogP contribution in [0.4, 0.5) is 5.69 Å². The van der Waals surface area contributed by atoms with Gasteiger partial charge in [-0.2, -0.15) is 5.26 Å². The fourth-order valence-electron chi connectivity index (χ4n) is 2.55. The van der Waals surface area contributed by atoms with Gasteiger partial charge in [0, 0.05) is 11.4 Å². The van der Waals surface area contributed by atoms with Crippen LogP contribution in [0.2, 0.25) is 0 Å². The summed E-state index contributed by atoms with van der Waals surface area (Å²) in [5, 5.41) is 11.7. The van der Waals surface area contributed by atoms with E-state index in [1.807, 2.05) is 67.4 Å². The molecule has 2 rings (SSSR count). The van der Waals surface area contributed by atoms with Crippen LogP contribution in [0.15, 0.2) is 53.4 Å². The predicted molar refractivity (Wildman–Crippen MR) is 110 cm³/mol. The standard InChI is InChI=1S/C21H25N3O2S/c1-17-8-3-5-10-19(17)26-14-7-13-24(2)16-21(25)23-18-9-4-6-11-20(18)27-15-12-22/h3-6,8-11H,7,13-16H2,1-2H3,(H,23,25). The van der Waals surface area contributed by atoms with Gasteiger partial charge < -0.3 is 10.1 Å². The lowest BCUT2D eigenvalue weighted by Gasteiger charge is -2.17. The van der Waals surface area contributed by atoms with Gasteiger partial charge in [-0.3, -0.25) is 9.69 Å². The average molecular weight is 384 g/mol. The van der Waals surface area contributed by atoms with Crippen LogP contribution in [0, 0.1) is 18.3 Å². The molecule has 0 aliphatic carbocycles. The van der Waals surface area contributed by atoms with Crippen molar-refractivity contribution in [1.82, 2.24) is 4.90 Å². The van der Waals surface area contributed by atoms with E-state index in [1.54, 1.807) is 0 Å². The summed E-state index contributed by atoms with van der Waals surface area (Å²) in [5.74, 6) is 1.19. The number of nitriles is 1. The molecule has 0 atom stereocenters. The fraction of sp³-hybridized carbons (Fsp3) is 0.333. The van der Waals surface area contributed by atoms with E-state index in [4.69, 9.17) is 10.00 Å². The summed E-state index contributed by atoms with van der Waals surface area (Å²) >= 11 is 1.42. The molecule has 1 amide bonds. The summed E-state index contributed by atoms with van der Waals surface area (Å²) in [6, 6.07) is 17.6. The highest BCUT2D eigenvalue weighted by Gasteiger charge is 2.10. The number of nitrogens with one attached hydrogen (secondary N) is 1. The second kappa shape index (κ2) is 11.3. The lowest BCUT2D eigenvalue weighted by molar-refractivity contribution is -0.117. The molecule has 0 unspecified atom stereocenters. The maximum Gasteiger partial charge on any atom is 0.238 e. The van der Waals surface area contributed by atoms with Crippen molar-refractivity contribution in [2.24, 2.45) is 0 Å². The summed E-state index contributed by atoms with van der Waals surface area (Å²) < 4.78 is 5.78. The third-order valence-corrected chi connectivity index (χ3v) is 4.84. The van der Waals surface area contributed by atoms with Gasteiger partial charge >= 0.3 is 0 Å². The number of likely N-dealkylation sites (N-methyl/N-ethyl adjacent to an activating group) is 1. The van der Waals surface area contributed by atoms with Crippen molar-refractivity contribution < 1.29 is 9.53 Å². The normalized spacial score (nSPS) is 10.4. The number of benzene rings is 2. The fourth-order valence-corrected chi connectivity index (χ4v) is 3.22. The number of nitrogens with zero attached hydrogens (tertiary/aromatic N) is 2. The summed E-state index contributed by atoms with van der Waals surface area (Å²) in [6.07, 6.45) is 0.840. The Morgan fingerprint density at radius 1 is 1.22 bits per heavy atom. The largest absolute Gasteiger partial charge is 0.493 e. The summed E-state index contributed by atoms with van der Waals surface area (Å²) in [4.78, 5) is 15.2. The van der Waals surface area contributed by atoms with E-state index < -0.39 is 0 Å². The van der Waals surface area contributed by atoms with Gasteiger partial charge in [0.15, 0.2) is 0 Å². The summed E-state index contributed by atoms with van der Waals surface area (Å²) in [7, 11) is 1.92. The van der Waals surface area contributed by atoms with Crippen molar-refractivity contribution in [1.29, 1.82) is 5.26 Å². The lowest BCUT2D eigenvalue weighted by atomic mass is 10.2. The quantitative estimate of drug-likeness (QED) is 0.497. The van der Waals surface area contributed by atoms with Crippen molar-refractivity contribution in [3.8, 4) is 11.8 Å². The highest BCUT2D eigenvalue weighted by atomic mass is 32.2. The summed E-state index contributed by atoms with van der Waals surface area (Å²) in [5.41, 5.74) is 1.87. The Balaban J connectivity index is 1.73. The molecule has 2 aromatic rings. The molecule has 0 bridgehead atoms. The molecule has 0 aromatic heterocycles. The molecule has 0 saturated carbocycles. The molecule has 0 aliphatic rings. The van der Waals surface area contributed by atoms with E-state index in [0.29, 0.717) is 18.9 Å². The second-order valence-electron chi connectivity index (χ2n) is 6.20. The van der Waals surface area contributed by atoms with Crippen molar-refractivity contribution in [2.75, 3.05) is 37.8 Å². The minimum absolute atomic E-state index is 0.0673. The zero-order chi connectivity index (χ0) is 19.5. The van der Waals surface area contributed by atoms with Crippen LogP contribution in [-0.4, -0.2) is 43.3 Å². The molecule has 142 valence electrons. The number of ether oxygens (including phenoxy) is 1. The first-order chi connectivity index (χ1) is 13.1. The van der Waals surface area contributed by atoms with Gasteiger partial charge in [0.05, 0.1) is 30.7 Å². The minimum Gasteiger partial charge on any atom is -0.493 e. The molecule has 6 heteroatoms. The third-order valence-electron chi connectivity index (χ3n) is 3.90. The average Bonchev–Trinajstić information content (AvgIpc) is 2.65. The number of anilines is 1. The van der Waals surface area contributed by atoms with Crippen LogP contribution < -0.4 is 10.1 Å². The zero-order valence-electron chi connectivity index (χ0n) is 15.8. The number of rotatable bonds is 10. The molecule has 0 radical (unpaired) electrons. The number of hydrogen-bond donors (Lipinski definition) is 1. The number of aryl methyl sites for hydroxylation is 1. The Hall–Kier alpha value is -2.49. The van der Waals surface area contributed by atoms with E-state index in [1.165, 1.54) is 11.8 Å². The van der Waals surface area contributed by atoms with E-state index in [0.717, 1.165) is 34.9 Å². The number of carbonyl (C=O) groups excluding carboxylic acids is 1. The van der Waals surface area contributed by atoms with Crippen molar-refractivity contribution in [2.45, 2.75) is 18.2 Å². The Morgan fingerprint density at radius 2 is 1.96 bits per heavy atom. The third kappa shape index (κ3) is 7.33. The maximum atomic E-state index is 12.3. The number of carbonyl (C=O) groups is 1. The first kappa shape index (κ1) is 20.8. The molecule has 2 aromatic carbocycles. The molecule has 1 N–H and O–H groups in total. The molecule has 27 heavy (non-hydrogen) atoms. The second-order valence-corrected chi connectivity index (χ2v) is 7.21. The maximum absolute atomic E-state index is 12.3. The van der Waals surface area contributed by atoms with Crippen LogP contribution >= 0.6 is 11.8 Å². The molecular formula is C21H25N3O2S. The Bertz CT molecular complexity index is 789. The Morgan fingerprint density at radius 3 is 2.74 bits per heavy atom. The van der Waals surface area contributed by atoms with Crippen molar-refractivity contribution in [3.05, 3.63) is 54.1 Å². The first-order valence-corrected chi connectivity index (χ1v) is 9.84. The van der Waals surface area contributed by atoms with Crippen LogP contribution in [0.1, 0.15) is 12.0 Å². The van der Waals surface area contributed by atoms with Gasteiger partial charge in [0.25, 0.3) is 0 Å². The molecule has 0 spiro atoms. The van der Waals surface area contributed by atoms with Gasteiger partial charge in [-0.25, -0.2) is 0 Å². The Labute approximate surface area is 165 Å². The van der Waals surface area contributed by atoms with Crippen molar-refractivity contribution >= 4 is 23.4 Å². The van der Waals surface area contributed by atoms with Gasteiger partial charge in [0.1, 0.15) is 5.75 Å². The molecular weight excluding hydrogens is 358 g/mol. The monoisotopic (exact) mass is 383 g/mol.